The minimum atomic E-state index is -3.63. The molecule has 1 aromatic carbocycles. The zero-order valence-corrected chi connectivity index (χ0v) is 18.4. The van der Waals surface area contributed by atoms with Crippen molar-refractivity contribution >= 4 is 21.8 Å². The van der Waals surface area contributed by atoms with Crippen LogP contribution in [0.2, 0.25) is 0 Å². The molecule has 1 saturated heterocycles. The first-order valence-electron chi connectivity index (χ1n) is 11.1. The quantitative estimate of drug-likeness (QED) is 0.715. The SMILES string of the molecule is CC(=O)N1CCN(S(=O)(=O)c2ccc(C(=O)N(C3CCCCC3)C3CC3)cc2)CC1. The molecule has 8 heteroatoms. The number of hydrogen-bond donors (Lipinski definition) is 0. The highest BCUT2D eigenvalue weighted by Gasteiger charge is 2.38. The first-order chi connectivity index (χ1) is 14.4. The van der Waals surface area contributed by atoms with Gasteiger partial charge in [0.1, 0.15) is 0 Å². The van der Waals surface area contributed by atoms with Crippen molar-refractivity contribution in [2.24, 2.45) is 0 Å². The summed E-state index contributed by atoms with van der Waals surface area (Å²) >= 11 is 0. The van der Waals surface area contributed by atoms with Gasteiger partial charge in [-0.3, -0.25) is 9.59 Å². The van der Waals surface area contributed by atoms with Crippen LogP contribution in [0.5, 0.6) is 0 Å². The average molecular weight is 434 g/mol. The fraction of sp³-hybridized carbons (Fsp3) is 0.636. The summed E-state index contributed by atoms with van der Waals surface area (Å²) in [5.41, 5.74) is 0.563. The number of benzene rings is 1. The van der Waals surface area contributed by atoms with Gasteiger partial charge < -0.3 is 9.80 Å². The Morgan fingerprint density at radius 1 is 0.867 bits per heavy atom. The lowest BCUT2D eigenvalue weighted by molar-refractivity contribution is -0.129. The molecule has 0 atom stereocenters. The van der Waals surface area contributed by atoms with Gasteiger partial charge in [-0.05, 0) is 49.9 Å². The number of sulfonamides is 1. The van der Waals surface area contributed by atoms with Gasteiger partial charge in [0.2, 0.25) is 15.9 Å². The monoisotopic (exact) mass is 433 g/mol. The third-order valence-corrected chi connectivity index (χ3v) is 8.48. The van der Waals surface area contributed by atoms with E-state index in [0.29, 0.717) is 43.8 Å². The van der Waals surface area contributed by atoms with Gasteiger partial charge in [-0.1, -0.05) is 19.3 Å². The van der Waals surface area contributed by atoms with E-state index in [1.807, 2.05) is 0 Å². The third-order valence-electron chi connectivity index (χ3n) is 6.57. The lowest BCUT2D eigenvalue weighted by atomic mass is 9.93. The molecule has 30 heavy (non-hydrogen) atoms. The standard InChI is InChI=1S/C22H31N3O4S/c1-17(26)23-13-15-24(16-14-23)30(28,29)21-11-7-18(8-12-21)22(27)25(20-9-10-20)19-5-3-2-4-6-19/h7-8,11-12,19-20H,2-6,9-10,13-16H2,1H3. The predicted octanol–water partition coefficient (Wildman–Crippen LogP) is 2.48. The number of amides is 2. The van der Waals surface area contributed by atoms with Gasteiger partial charge in [0.05, 0.1) is 4.90 Å². The molecule has 2 saturated carbocycles. The molecule has 0 radical (unpaired) electrons. The lowest BCUT2D eigenvalue weighted by Crippen LogP contribution is -2.49. The van der Waals surface area contributed by atoms with Gasteiger partial charge in [0.25, 0.3) is 5.91 Å². The van der Waals surface area contributed by atoms with Crippen molar-refractivity contribution in [1.29, 1.82) is 0 Å². The Hall–Kier alpha value is -1.93. The van der Waals surface area contributed by atoms with E-state index in [2.05, 4.69) is 4.90 Å². The molecule has 0 bridgehead atoms. The van der Waals surface area contributed by atoms with Gasteiger partial charge in [-0.25, -0.2) is 8.42 Å². The van der Waals surface area contributed by atoms with Crippen molar-refractivity contribution in [2.75, 3.05) is 26.2 Å². The Bertz CT molecular complexity index is 881. The van der Waals surface area contributed by atoms with Gasteiger partial charge in [0.15, 0.2) is 0 Å². The maximum Gasteiger partial charge on any atom is 0.254 e. The minimum Gasteiger partial charge on any atom is -0.340 e. The fourth-order valence-electron chi connectivity index (χ4n) is 4.65. The number of nitrogens with zero attached hydrogens (tertiary/aromatic N) is 3. The van der Waals surface area contributed by atoms with Crippen LogP contribution >= 0.6 is 0 Å². The number of rotatable bonds is 5. The second kappa shape index (κ2) is 8.67. The van der Waals surface area contributed by atoms with Crippen LogP contribution in [-0.2, 0) is 14.8 Å². The Morgan fingerprint density at radius 2 is 1.43 bits per heavy atom. The molecule has 4 rings (SSSR count). The smallest absolute Gasteiger partial charge is 0.254 e. The first kappa shape index (κ1) is 21.3. The summed E-state index contributed by atoms with van der Waals surface area (Å²) in [6.07, 6.45) is 7.88. The first-order valence-corrected chi connectivity index (χ1v) is 12.5. The van der Waals surface area contributed by atoms with E-state index < -0.39 is 10.0 Å². The summed E-state index contributed by atoms with van der Waals surface area (Å²) in [5.74, 6) is -0.00323. The summed E-state index contributed by atoms with van der Waals surface area (Å²) in [4.78, 5) is 28.6. The Balaban J connectivity index is 1.46. The zero-order chi connectivity index (χ0) is 21.3. The highest BCUT2D eigenvalue weighted by Crippen LogP contribution is 2.35. The Morgan fingerprint density at radius 3 is 1.97 bits per heavy atom. The lowest BCUT2D eigenvalue weighted by Gasteiger charge is -2.35. The minimum absolute atomic E-state index is 0.0309. The third kappa shape index (κ3) is 4.39. The van der Waals surface area contributed by atoms with Crippen LogP contribution in [0.4, 0.5) is 0 Å². The summed E-state index contributed by atoms with van der Waals surface area (Å²) in [6.45, 7) is 2.89. The highest BCUT2D eigenvalue weighted by molar-refractivity contribution is 7.89. The normalized spacial score (nSPS) is 21.4. The molecule has 1 heterocycles. The van der Waals surface area contributed by atoms with E-state index in [9.17, 15) is 18.0 Å². The molecule has 0 N–H and O–H groups in total. The molecule has 2 amide bonds. The maximum absolute atomic E-state index is 13.2. The molecular weight excluding hydrogens is 402 g/mol. The van der Waals surface area contributed by atoms with Gasteiger partial charge in [-0.15, -0.1) is 0 Å². The van der Waals surface area contributed by atoms with E-state index in [1.165, 1.54) is 30.5 Å². The molecule has 0 spiro atoms. The van der Waals surface area contributed by atoms with Crippen molar-refractivity contribution < 1.29 is 18.0 Å². The molecule has 0 aromatic heterocycles. The van der Waals surface area contributed by atoms with Crippen LogP contribution in [0.1, 0.15) is 62.2 Å². The number of hydrogen-bond acceptors (Lipinski definition) is 4. The molecule has 3 fully saturated rings. The largest absolute Gasteiger partial charge is 0.340 e. The molecule has 7 nitrogen and oxygen atoms in total. The average Bonchev–Trinajstić information content (AvgIpc) is 3.60. The van der Waals surface area contributed by atoms with Crippen LogP contribution < -0.4 is 0 Å². The number of carbonyl (C=O) groups is 2. The molecule has 2 aliphatic carbocycles. The van der Waals surface area contributed by atoms with Crippen molar-refractivity contribution in [1.82, 2.24) is 14.1 Å². The fourth-order valence-corrected chi connectivity index (χ4v) is 6.07. The van der Waals surface area contributed by atoms with E-state index in [0.717, 1.165) is 25.7 Å². The highest BCUT2D eigenvalue weighted by atomic mass is 32.2. The van der Waals surface area contributed by atoms with Crippen LogP contribution in [0.15, 0.2) is 29.2 Å². The van der Waals surface area contributed by atoms with Crippen LogP contribution in [-0.4, -0.2) is 72.6 Å². The zero-order valence-electron chi connectivity index (χ0n) is 17.6. The molecule has 3 aliphatic rings. The second-order valence-corrected chi connectivity index (χ2v) is 10.6. The van der Waals surface area contributed by atoms with Crippen molar-refractivity contribution in [3.8, 4) is 0 Å². The van der Waals surface area contributed by atoms with E-state index in [-0.39, 0.29) is 16.7 Å². The second-order valence-electron chi connectivity index (χ2n) is 8.67. The number of piperazine rings is 1. The summed E-state index contributed by atoms with van der Waals surface area (Å²) in [7, 11) is -3.63. The summed E-state index contributed by atoms with van der Waals surface area (Å²) < 4.78 is 27.4. The van der Waals surface area contributed by atoms with E-state index >= 15 is 0 Å². The van der Waals surface area contributed by atoms with Gasteiger partial charge >= 0.3 is 0 Å². The summed E-state index contributed by atoms with van der Waals surface area (Å²) in [5, 5.41) is 0. The molecule has 0 unspecified atom stereocenters. The number of carbonyl (C=O) groups excluding carboxylic acids is 2. The van der Waals surface area contributed by atoms with Gasteiger partial charge in [-0.2, -0.15) is 4.31 Å². The van der Waals surface area contributed by atoms with Crippen molar-refractivity contribution in [3.63, 3.8) is 0 Å². The molecule has 164 valence electrons. The molecule has 1 aromatic rings. The Labute approximate surface area is 179 Å². The molecule has 1 aliphatic heterocycles. The molecular formula is C22H31N3O4S. The summed E-state index contributed by atoms with van der Waals surface area (Å²) in [6, 6.07) is 7.07. The topological polar surface area (TPSA) is 78.0 Å². The predicted molar refractivity (Wildman–Crippen MR) is 114 cm³/mol. The van der Waals surface area contributed by atoms with Crippen LogP contribution in [0.3, 0.4) is 0 Å². The Kier molecular flexibility index (Phi) is 6.16. The van der Waals surface area contributed by atoms with Crippen LogP contribution in [0.25, 0.3) is 0 Å². The van der Waals surface area contributed by atoms with Crippen molar-refractivity contribution in [2.45, 2.75) is 68.8 Å². The van der Waals surface area contributed by atoms with Crippen LogP contribution in [0, 0.1) is 0 Å². The van der Waals surface area contributed by atoms with Crippen molar-refractivity contribution in [3.05, 3.63) is 29.8 Å². The van der Waals surface area contributed by atoms with E-state index in [4.69, 9.17) is 0 Å². The van der Waals surface area contributed by atoms with E-state index in [1.54, 1.807) is 29.2 Å². The maximum atomic E-state index is 13.2. The van der Waals surface area contributed by atoms with Gasteiger partial charge in [0, 0.05) is 50.7 Å².